The molecule has 1 aromatic rings. The fourth-order valence-electron chi connectivity index (χ4n) is 5.08. The van der Waals surface area contributed by atoms with Crippen LogP contribution < -0.4 is 5.32 Å². The molecule has 2 aliphatic heterocycles. The van der Waals surface area contributed by atoms with Crippen LogP contribution in [0.2, 0.25) is 5.02 Å². The van der Waals surface area contributed by atoms with E-state index in [2.05, 4.69) is 10.2 Å². The topological polar surface area (TPSA) is 61.9 Å². The maximum atomic E-state index is 13.2. The van der Waals surface area contributed by atoms with Gasteiger partial charge in [0.1, 0.15) is 0 Å². The Balaban J connectivity index is 1.37. The average molecular weight is 434 g/mol. The second kappa shape index (κ2) is 10.1. The van der Waals surface area contributed by atoms with Gasteiger partial charge >= 0.3 is 0 Å². The van der Waals surface area contributed by atoms with Crippen LogP contribution in [0.25, 0.3) is 0 Å². The van der Waals surface area contributed by atoms with Gasteiger partial charge in [-0.05, 0) is 43.7 Å². The van der Waals surface area contributed by atoms with E-state index in [0.29, 0.717) is 49.2 Å². The second-order valence-corrected chi connectivity index (χ2v) is 9.08. The molecule has 1 saturated carbocycles. The van der Waals surface area contributed by atoms with Crippen LogP contribution in [0, 0.1) is 5.92 Å². The molecule has 1 N–H and O–H groups in total. The maximum Gasteiger partial charge on any atom is 0.255 e. The van der Waals surface area contributed by atoms with Crippen molar-refractivity contribution in [1.82, 2.24) is 15.1 Å². The molecule has 0 bridgehead atoms. The fraction of sp³-hybridized carbons (Fsp3) is 0.652. The van der Waals surface area contributed by atoms with Crippen LogP contribution in [-0.4, -0.2) is 73.1 Å². The van der Waals surface area contributed by atoms with Crippen LogP contribution in [0.15, 0.2) is 24.3 Å². The summed E-state index contributed by atoms with van der Waals surface area (Å²) in [6.07, 6.45) is 6.87. The lowest BCUT2D eigenvalue weighted by atomic mass is 9.94. The van der Waals surface area contributed by atoms with E-state index >= 15 is 0 Å². The Hall–Kier alpha value is -1.63. The standard InChI is InChI=1S/C23H32ClN3O3/c24-20-10-4-3-9-19(20)23(29)27-13-11-26(12-14-27)21(17-6-1-2-7-17)22(28)25-16-18-8-5-15-30-18/h3-4,9-10,17-18,21H,1-2,5-8,11-16H2,(H,25,28)/t18-,21+/m1/s1. The zero-order valence-corrected chi connectivity index (χ0v) is 18.3. The molecule has 4 rings (SSSR count). The van der Waals surface area contributed by atoms with Gasteiger partial charge in [0, 0.05) is 39.3 Å². The highest BCUT2D eigenvalue weighted by Crippen LogP contribution is 2.31. The van der Waals surface area contributed by atoms with Gasteiger partial charge in [0.05, 0.1) is 22.7 Å². The summed E-state index contributed by atoms with van der Waals surface area (Å²) in [6.45, 7) is 4.06. The van der Waals surface area contributed by atoms with Gasteiger partial charge in [0.2, 0.25) is 5.91 Å². The van der Waals surface area contributed by atoms with Gasteiger partial charge in [-0.2, -0.15) is 0 Å². The van der Waals surface area contributed by atoms with E-state index in [4.69, 9.17) is 16.3 Å². The Kier molecular flexibility index (Phi) is 7.28. The van der Waals surface area contributed by atoms with Gasteiger partial charge < -0.3 is 15.0 Å². The van der Waals surface area contributed by atoms with Crippen molar-refractivity contribution < 1.29 is 14.3 Å². The van der Waals surface area contributed by atoms with E-state index < -0.39 is 0 Å². The van der Waals surface area contributed by atoms with Crippen molar-refractivity contribution in [3.63, 3.8) is 0 Å². The van der Waals surface area contributed by atoms with Crippen LogP contribution in [0.3, 0.4) is 0 Å². The van der Waals surface area contributed by atoms with E-state index in [0.717, 1.165) is 32.3 Å². The minimum absolute atomic E-state index is 0.0273. The van der Waals surface area contributed by atoms with Gasteiger partial charge in [-0.15, -0.1) is 0 Å². The number of carbonyl (C=O) groups excluding carboxylic acids is 2. The summed E-state index contributed by atoms with van der Waals surface area (Å²) >= 11 is 6.21. The lowest BCUT2D eigenvalue weighted by molar-refractivity contribution is -0.129. The zero-order valence-electron chi connectivity index (χ0n) is 17.5. The molecule has 0 spiro atoms. The molecule has 2 heterocycles. The van der Waals surface area contributed by atoms with Crippen molar-refractivity contribution in [1.29, 1.82) is 0 Å². The van der Waals surface area contributed by atoms with Gasteiger partial charge in [-0.25, -0.2) is 0 Å². The Bertz CT molecular complexity index is 739. The minimum Gasteiger partial charge on any atom is -0.376 e. The number of nitrogens with one attached hydrogen (secondary N) is 1. The molecule has 2 saturated heterocycles. The third-order valence-corrected chi connectivity index (χ3v) is 7.07. The molecule has 0 radical (unpaired) electrons. The van der Waals surface area contributed by atoms with Crippen LogP contribution in [0.4, 0.5) is 0 Å². The summed E-state index contributed by atoms with van der Waals surface area (Å²) < 4.78 is 5.66. The molecule has 7 heteroatoms. The Morgan fingerprint density at radius 3 is 2.47 bits per heavy atom. The molecule has 0 aromatic heterocycles. The van der Waals surface area contributed by atoms with Crippen LogP contribution in [0.1, 0.15) is 48.9 Å². The third kappa shape index (κ3) is 4.98. The molecule has 0 unspecified atom stereocenters. The summed E-state index contributed by atoms with van der Waals surface area (Å²) in [7, 11) is 0. The predicted molar refractivity (Wildman–Crippen MR) is 117 cm³/mol. The highest BCUT2D eigenvalue weighted by atomic mass is 35.5. The summed E-state index contributed by atoms with van der Waals surface area (Å²) in [5.41, 5.74) is 0.550. The minimum atomic E-state index is -0.105. The molecule has 1 aliphatic carbocycles. The van der Waals surface area contributed by atoms with E-state index in [-0.39, 0.29) is 24.0 Å². The quantitative estimate of drug-likeness (QED) is 0.749. The number of piperazine rings is 1. The highest BCUT2D eigenvalue weighted by molar-refractivity contribution is 6.33. The first-order valence-electron chi connectivity index (χ1n) is 11.3. The molecule has 1 aromatic carbocycles. The largest absolute Gasteiger partial charge is 0.376 e. The third-order valence-electron chi connectivity index (χ3n) is 6.74. The van der Waals surface area contributed by atoms with E-state index in [1.54, 1.807) is 12.1 Å². The first-order valence-corrected chi connectivity index (χ1v) is 11.7. The Labute approximate surface area is 183 Å². The summed E-state index contributed by atoms with van der Waals surface area (Å²) in [4.78, 5) is 30.2. The van der Waals surface area contributed by atoms with E-state index in [1.807, 2.05) is 17.0 Å². The monoisotopic (exact) mass is 433 g/mol. The number of ether oxygens (including phenoxy) is 1. The SMILES string of the molecule is O=C(NC[C@H]1CCCO1)[C@H](C1CCCC1)N1CCN(C(=O)c2ccccc2Cl)CC1. The van der Waals surface area contributed by atoms with Gasteiger partial charge in [-0.3, -0.25) is 14.5 Å². The second-order valence-electron chi connectivity index (χ2n) is 8.68. The molecule has 2 atom stereocenters. The van der Waals surface area contributed by atoms with Crippen molar-refractivity contribution in [3.8, 4) is 0 Å². The van der Waals surface area contributed by atoms with Crippen molar-refractivity contribution in [2.75, 3.05) is 39.3 Å². The predicted octanol–water partition coefficient (Wildman–Crippen LogP) is 2.95. The molecule has 2 amide bonds. The molecule has 3 aliphatic rings. The Morgan fingerprint density at radius 2 is 1.80 bits per heavy atom. The highest BCUT2D eigenvalue weighted by Gasteiger charge is 2.37. The van der Waals surface area contributed by atoms with Crippen LogP contribution in [-0.2, 0) is 9.53 Å². The average Bonchev–Trinajstić information content (AvgIpc) is 3.47. The van der Waals surface area contributed by atoms with Crippen molar-refractivity contribution >= 4 is 23.4 Å². The first kappa shape index (κ1) is 21.6. The summed E-state index contributed by atoms with van der Waals surface area (Å²) in [6, 6.07) is 7.09. The first-order chi connectivity index (χ1) is 14.6. The zero-order chi connectivity index (χ0) is 20.9. The molecule has 30 heavy (non-hydrogen) atoms. The van der Waals surface area contributed by atoms with Gasteiger partial charge in [0.25, 0.3) is 5.91 Å². The molecular formula is C23H32ClN3O3. The van der Waals surface area contributed by atoms with Gasteiger partial charge in [0.15, 0.2) is 0 Å². The number of halogens is 1. The van der Waals surface area contributed by atoms with Crippen molar-refractivity contribution in [3.05, 3.63) is 34.9 Å². The fourth-order valence-corrected chi connectivity index (χ4v) is 5.30. The molecule has 164 valence electrons. The molecule has 6 nitrogen and oxygen atoms in total. The lowest BCUT2D eigenvalue weighted by Crippen LogP contribution is -2.58. The van der Waals surface area contributed by atoms with Crippen LogP contribution >= 0.6 is 11.6 Å². The molecular weight excluding hydrogens is 402 g/mol. The number of benzene rings is 1. The maximum absolute atomic E-state index is 13.2. The number of carbonyl (C=O) groups is 2. The number of nitrogens with zero attached hydrogens (tertiary/aromatic N) is 2. The number of amides is 2. The number of rotatable bonds is 6. The molecule has 3 fully saturated rings. The summed E-state index contributed by atoms with van der Waals surface area (Å²) in [5, 5.41) is 3.65. The van der Waals surface area contributed by atoms with Crippen molar-refractivity contribution in [2.45, 2.75) is 50.7 Å². The number of hydrogen-bond donors (Lipinski definition) is 1. The summed E-state index contributed by atoms with van der Waals surface area (Å²) in [5.74, 6) is 0.504. The van der Waals surface area contributed by atoms with E-state index in [1.165, 1.54) is 12.8 Å². The number of hydrogen-bond acceptors (Lipinski definition) is 4. The van der Waals surface area contributed by atoms with Crippen LogP contribution in [0.5, 0.6) is 0 Å². The van der Waals surface area contributed by atoms with Crippen molar-refractivity contribution in [2.24, 2.45) is 5.92 Å². The lowest BCUT2D eigenvalue weighted by Gasteiger charge is -2.41. The normalized spacial score (nSPS) is 24.2. The Morgan fingerprint density at radius 1 is 1.07 bits per heavy atom. The smallest absolute Gasteiger partial charge is 0.255 e. The van der Waals surface area contributed by atoms with Gasteiger partial charge in [-0.1, -0.05) is 36.6 Å². The van der Waals surface area contributed by atoms with E-state index in [9.17, 15) is 9.59 Å².